The van der Waals surface area contributed by atoms with Crippen LogP contribution in [0.5, 0.6) is 0 Å². The van der Waals surface area contributed by atoms with Gasteiger partial charge in [0, 0.05) is 0 Å². The summed E-state index contributed by atoms with van der Waals surface area (Å²) in [5.41, 5.74) is 0. The van der Waals surface area contributed by atoms with E-state index in [4.69, 9.17) is 9.15 Å². The maximum absolute atomic E-state index is 12.7. The first-order valence-electron chi connectivity index (χ1n) is 6.08. The van der Waals surface area contributed by atoms with Crippen molar-refractivity contribution in [1.82, 2.24) is 5.32 Å². The monoisotopic (exact) mass is 361 g/mol. The van der Waals surface area contributed by atoms with Crippen molar-refractivity contribution in [3.63, 3.8) is 0 Å². The molecular formula is C12H16BrF4NO2. The zero-order chi connectivity index (χ0) is 15.2. The lowest BCUT2D eigenvalue weighted by Crippen LogP contribution is -2.34. The molecule has 1 N–H and O–H groups in total. The van der Waals surface area contributed by atoms with Gasteiger partial charge in [0.15, 0.2) is 0 Å². The first kappa shape index (κ1) is 17.5. The minimum atomic E-state index is -4.14. The van der Waals surface area contributed by atoms with E-state index in [-0.39, 0.29) is 6.61 Å². The van der Waals surface area contributed by atoms with E-state index in [0.29, 0.717) is 16.8 Å². The second kappa shape index (κ2) is 7.99. The summed E-state index contributed by atoms with van der Waals surface area (Å²) in [5, 5.41) is 3.05. The van der Waals surface area contributed by atoms with Gasteiger partial charge in [0.05, 0.1) is 23.4 Å². The van der Waals surface area contributed by atoms with E-state index in [1.807, 2.05) is 6.92 Å². The fraction of sp³-hybridized carbons (Fsp3) is 0.667. The Balaban J connectivity index is 2.56. The van der Waals surface area contributed by atoms with E-state index in [9.17, 15) is 17.6 Å². The molecule has 1 unspecified atom stereocenters. The fourth-order valence-electron chi connectivity index (χ4n) is 1.48. The molecule has 0 spiro atoms. The van der Waals surface area contributed by atoms with Crippen molar-refractivity contribution in [3.8, 4) is 0 Å². The average molecular weight is 362 g/mol. The van der Waals surface area contributed by atoms with Crippen LogP contribution in [0.4, 0.5) is 17.6 Å². The lowest BCUT2D eigenvalue weighted by molar-refractivity contribution is -0.167. The summed E-state index contributed by atoms with van der Waals surface area (Å²) in [6, 6.07) is 1.18. The van der Waals surface area contributed by atoms with Crippen molar-refractivity contribution in [3.05, 3.63) is 22.6 Å². The van der Waals surface area contributed by atoms with Crippen molar-refractivity contribution < 1.29 is 26.7 Å². The van der Waals surface area contributed by atoms with E-state index in [0.717, 1.165) is 6.42 Å². The van der Waals surface area contributed by atoms with Gasteiger partial charge < -0.3 is 14.5 Å². The Morgan fingerprint density at radius 3 is 2.65 bits per heavy atom. The van der Waals surface area contributed by atoms with Crippen molar-refractivity contribution in [1.29, 1.82) is 0 Å². The van der Waals surface area contributed by atoms with E-state index in [1.54, 1.807) is 6.07 Å². The third kappa shape index (κ3) is 5.06. The number of ether oxygens (including phenoxy) is 1. The molecule has 0 fully saturated rings. The van der Waals surface area contributed by atoms with E-state index < -0.39 is 25.0 Å². The first-order chi connectivity index (χ1) is 9.38. The van der Waals surface area contributed by atoms with Crippen LogP contribution in [-0.4, -0.2) is 32.1 Å². The molecule has 116 valence electrons. The highest BCUT2D eigenvalue weighted by atomic mass is 79.9. The van der Waals surface area contributed by atoms with Gasteiger partial charge in [-0.25, -0.2) is 8.78 Å². The highest BCUT2D eigenvalue weighted by molar-refractivity contribution is 9.10. The summed E-state index contributed by atoms with van der Waals surface area (Å²) >= 11 is 3.26. The van der Waals surface area contributed by atoms with Gasteiger partial charge in [0.25, 0.3) is 0 Å². The summed E-state index contributed by atoms with van der Waals surface area (Å²) in [4.78, 5) is 0. The lowest BCUT2D eigenvalue weighted by Gasteiger charge is -2.20. The number of hydrogen-bond acceptors (Lipinski definition) is 3. The first-order valence-corrected chi connectivity index (χ1v) is 6.87. The van der Waals surface area contributed by atoms with Crippen LogP contribution in [0.15, 0.2) is 21.2 Å². The average Bonchev–Trinajstić information content (AvgIpc) is 2.79. The Morgan fingerprint density at radius 2 is 2.15 bits per heavy atom. The summed E-state index contributed by atoms with van der Waals surface area (Å²) in [5.74, 6) is -3.66. The highest BCUT2D eigenvalue weighted by Gasteiger charge is 2.41. The molecule has 0 saturated carbocycles. The van der Waals surface area contributed by atoms with Gasteiger partial charge >= 0.3 is 12.3 Å². The van der Waals surface area contributed by atoms with Gasteiger partial charge in [-0.05, 0) is 35.0 Å². The second-order valence-electron chi connectivity index (χ2n) is 4.22. The second-order valence-corrected chi connectivity index (χ2v) is 5.07. The topological polar surface area (TPSA) is 34.4 Å². The molecule has 1 atom stereocenters. The smallest absolute Gasteiger partial charge is 0.330 e. The molecule has 1 rings (SSSR count). The number of alkyl halides is 4. The van der Waals surface area contributed by atoms with Gasteiger partial charge in [0.2, 0.25) is 0 Å². The van der Waals surface area contributed by atoms with Gasteiger partial charge in [0.1, 0.15) is 12.4 Å². The van der Waals surface area contributed by atoms with E-state index >= 15 is 0 Å². The molecule has 1 aromatic heterocycles. The van der Waals surface area contributed by atoms with E-state index in [2.05, 4.69) is 21.2 Å². The zero-order valence-electron chi connectivity index (χ0n) is 10.8. The van der Waals surface area contributed by atoms with Crippen LogP contribution in [0, 0.1) is 0 Å². The molecule has 0 amide bonds. The van der Waals surface area contributed by atoms with Gasteiger partial charge in [-0.1, -0.05) is 6.92 Å². The predicted octanol–water partition coefficient (Wildman–Crippen LogP) is 4.00. The summed E-state index contributed by atoms with van der Waals surface area (Å²) in [6.07, 6.45) is -1.48. The largest absolute Gasteiger partial charge is 0.466 e. The Hall–Kier alpha value is -0.600. The SMILES string of the molecule is CCCNC(COCC(F)(F)C(F)F)c1occc1Br. The van der Waals surface area contributed by atoms with E-state index in [1.165, 1.54) is 6.26 Å². The molecule has 0 aliphatic carbocycles. The molecule has 3 nitrogen and oxygen atoms in total. The van der Waals surface area contributed by atoms with Crippen LogP contribution in [0.1, 0.15) is 25.1 Å². The molecule has 0 aliphatic rings. The summed E-state index contributed by atoms with van der Waals surface area (Å²) in [6.45, 7) is 1.04. The number of hydrogen-bond donors (Lipinski definition) is 1. The van der Waals surface area contributed by atoms with Crippen molar-refractivity contribution >= 4 is 15.9 Å². The van der Waals surface area contributed by atoms with Crippen molar-refractivity contribution in [2.24, 2.45) is 0 Å². The molecule has 0 radical (unpaired) electrons. The van der Waals surface area contributed by atoms with Crippen LogP contribution in [0.25, 0.3) is 0 Å². The molecule has 0 bridgehead atoms. The molecule has 1 aromatic rings. The molecule has 8 heteroatoms. The van der Waals surface area contributed by atoms with Crippen molar-refractivity contribution in [2.45, 2.75) is 31.7 Å². The highest BCUT2D eigenvalue weighted by Crippen LogP contribution is 2.27. The van der Waals surface area contributed by atoms with Crippen LogP contribution >= 0.6 is 15.9 Å². The van der Waals surface area contributed by atoms with Gasteiger partial charge in [-0.3, -0.25) is 0 Å². The maximum atomic E-state index is 12.7. The molecule has 0 aliphatic heterocycles. The lowest BCUT2D eigenvalue weighted by atomic mass is 10.2. The Labute approximate surface area is 122 Å². The predicted molar refractivity (Wildman–Crippen MR) is 69.2 cm³/mol. The normalized spacial score (nSPS) is 13.9. The molecule has 20 heavy (non-hydrogen) atoms. The minimum Gasteiger partial charge on any atom is -0.466 e. The van der Waals surface area contributed by atoms with Gasteiger partial charge in [-0.2, -0.15) is 8.78 Å². The fourth-order valence-corrected chi connectivity index (χ4v) is 1.95. The van der Waals surface area contributed by atoms with Crippen LogP contribution in [-0.2, 0) is 4.74 Å². The Morgan fingerprint density at radius 1 is 1.45 bits per heavy atom. The third-order valence-corrected chi connectivity index (χ3v) is 3.16. The zero-order valence-corrected chi connectivity index (χ0v) is 12.4. The molecule has 0 aromatic carbocycles. The summed E-state index contributed by atoms with van der Waals surface area (Å²) < 4.78 is 60.1. The third-order valence-electron chi connectivity index (χ3n) is 2.50. The van der Waals surface area contributed by atoms with Crippen LogP contribution < -0.4 is 5.32 Å². The van der Waals surface area contributed by atoms with Gasteiger partial charge in [-0.15, -0.1) is 0 Å². The molecule has 0 saturated heterocycles. The minimum absolute atomic E-state index is 0.186. The number of furan rings is 1. The molecular weight excluding hydrogens is 346 g/mol. The number of nitrogens with one attached hydrogen (secondary N) is 1. The van der Waals surface area contributed by atoms with Crippen molar-refractivity contribution in [2.75, 3.05) is 19.8 Å². The van der Waals surface area contributed by atoms with Crippen LogP contribution in [0.3, 0.4) is 0 Å². The summed E-state index contributed by atoms with van der Waals surface area (Å²) in [7, 11) is 0. The molecule has 1 heterocycles. The quantitative estimate of drug-likeness (QED) is 0.675. The Kier molecular flexibility index (Phi) is 6.97. The maximum Gasteiger partial charge on any atom is 0.330 e. The Bertz CT molecular complexity index is 401. The standard InChI is InChI=1S/C12H16BrF4NO2/c1-2-4-18-9(10-8(13)3-5-20-10)6-19-7-12(16,17)11(14)15/h3,5,9,11,18H,2,4,6-7H2,1H3. The number of rotatable bonds is 9. The number of halogens is 5. The van der Waals surface area contributed by atoms with Crippen LogP contribution in [0.2, 0.25) is 0 Å².